The zero-order valence-electron chi connectivity index (χ0n) is 11.0. The zero-order chi connectivity index (χ0) is 14.9. The number of hydrogen-bond donors (Lipinski definition) is 1. The predicted molar refractivity (Wildman–Crippen MR) is 77.2 cm³/mol. The van der Waals surface area contributed by atoms with E-state index in [0.717, 1.165) is 4.47 Å². The second-order valence-electron chi connectivity index (χ2n) is 4.72. The van der Waals surface area contributed by atoms with Gasteiger partial charge in [0.05, 0.1) is 0 Å². The average molecular weight is 360 g/mol. The van der Waals surface area contributed by atoms with Crippen molar-refractivity contribution in [2.24, 2.45) is 11.1 Å². The largest absolute Gasteiger partial charge is 0.295 e. The molecule has 2 aromatic rings. The van der Waals surface area contributed by atoms with Crippen LogP contribution in [0.1, 0.15) is 13.8 Å². The van der Waals surface area contributed by atoms with Crippen LogP contribution in [0.3, 0.4) is 0 Å². The lowest BCUT2D eigenvalue weighted by Gasteiger charge is -2.11. The van der Waals surface area contributed by atoms with Crippen molar-refractivity contribution in [2.45, 2.75) is 25.5 Å². The Morgan fingerprint density at radius 1 is 1.35 bits per heavy atom. The van der Waals surface area contributed by atoms with Crippen LogP contribution in [-0.4, -0.2) is 28.2 Å². The van der Waals surface area contributed by atoms with E-state index in [1.807, 2.05) is 13.8 Å². The minimum absolute atomic E-state index is 0.209. The van der Waals surface area contributed by atoms with Gasteiger partial charge in [0, 0.05) is 17.2 Å². The Hall–Kier alpha value is -1.32. The molecule has 2 rings (SSSR count). The average Bonchev–Trinajstić information content (AvgIpc) is 2.72. The third kappa shape index (κ3) is 3.22. The standard InChI is InChI=1S/C11H14BrN5O2S/c1-7(2)6-17-10(9-4-3-8(12)5-14-9)15-16-11(17)20(13,18)19/h3-5,7H,6H2,1-2H3,(H2,13,18,19). The quantitative estimate of drug-likeness (QED) is 0.888. The second-order valence-corrected chi connectivity index (χ2v) is 7.09. The fraction of sp³-hybridized carbons (Fsp3) is 0.364. The third-order valence-corrected chi connectivity index (χ3v) is 3.76. The highest BCUT2D eigenvalue weighted by Gasteiger charge is 2.23. The SMILES string of the molecule is CC(C)Cn1c(-c2ccc(Br)cn2)nnc1S(N)(=O)=O. The molecular formula is C11H14BrN5O2S. The number of nitrogens with two attached hydrogens (primary N) is 1. The van der Waals surface area contributed by atoms with Gasteiger partial charge >= 0.3 is 0 Å². The molecule has 0 amide bonds. The molecule has 2 N–H and O–H groups in total. The van der Waals surface area contributed by atoms with Crippen molar-refractivity contribution >= 4 is 26.0 Å². The van der Waals surface area contributed by atoms with E-state index >= 15 is 0 Å². The minimum Gasteiger partial charge on any atom is -0.295 e. The fourth-order valence-corrected chi connectivity index (χ4v) is 2.58. The second kappa shape index (κ2) is 5.58. The van der Waals surface area contributed by atoms with Gasteiger partial charge in [0.1, 0.15) is 5.69 Å². The van der Waals surface area contributed by atoms with E-state index in [0.29, 0.717) is 18.1 Å². The Labute approximate surface area is 125 Å². The number of hydrogen-bond acceptors (Lipinski definition) is 5. The summed E-state index contributed by atoms with van der Waals surface area (Å²) in [7, 11) is -3.92. The zero-order valence-corrected chi connectivity index (χ0v) is 13.4. The Balaban J connectivity index is 2.59. The van der Waals surface area contributed by atoms with Gasteiger partial charge in [-0.3, -0.25) is 9.55 Å². The van der Waals surface area contributed by atoms with Gasteiger partial charge in [0.15, 0.2) is 5.82 Å². The Bertz CT molecular complexity index is 709. The van der Waals surface area contributed by atoms with E-state index in [-0.39, 0.29) is 11.1 Å². The van der Waals surface area contributed by atoms with Crippen LogP contribution in [0, 0.1) is 5.92 Å². The molecular weight excluding hydrogens is 346 g/mol. The molecule has 9 heteroatoms. The topological polar surface area (TPSA) is 104 Å². The molecule has 0 radical (unpaired) electrons. The van der Waals surface area contributed by atoms with Gasteiger partial charge < -0.3 is 0 Å². The normalized spacial score (nSPS) is 12.1. The molecule has 0 aliphatic heterocycles. The molecule has 0 atom stereocenters. The number of primary sulfonamides is 1. The summed E-state index contributed by atoms with van der Waals surface area (Å²) in [4.78, 5) is 4.21. The molecule has 20 heavy (non-hydrogen) atoms. The van der Waals surface area contributed by atoms with Gasteiger partial charge in [0.2, 0.25) is 0 Å². The van der Waals surface area contributed by atoms with Crippen molar-refractivity contribution < 1.29 is 8.42 Å². The lowest BCUT2D eigenvalue weighted by molar-refractivity contribution is 0.486. The summed E-state index contributed by atoms with van der Waals surface area (Å²) in [5.74, 6) is 0.593. The number of pyridine rings is 1. The lowest BCUT2D eigenvalue weighted by Crippen LogP contribution is -2.20. The van der Waals surface area contributed by atoms with Crippen molar-refractivity contribution in [1.82, 2.24) is 19.7 Å². The highest BCUT2D eigenvalue weighted by atomic mass is 79.9. The van der Waals surface area contributed by atoms with Crippen LogP contribution in [0.2, 0.25) is 0 Å². The van der Waals surface area contributed by atoms with Crippen molar-refractivity contribution in [1.29, 1.82) is 0 Å². The van der Waals surface area contributed by atoms with Gasteiger partial charge in [-0.2, -0.15) is 0 Å². The first kappa shape index (κ1) is 15.1. The number of sulfonamides is 1. The number of rotatable bonds is 4. The van der Waals surface area contributed by atoms with Crippen LogP contribution in [0.15, 0.2) is 28.0 Å². The highest BCUT2D eigenvalue weighted by Crippen LogP contribution is 2.21. The van der Waals surface area contributed by atoms with E-state index in [1.165, 1.54) is 4.57 Å². The molecule has 108 valence electrons. The van der Waals surface area contributed by atoms with Crippen molar-refractivity contribution in [3.05, 3.63) is 22.8 Å². The Kier molecular flexibility index (Phi) is 4.21. The summed E-state index contributed by atoms with van der Waals surface area (Å²) >= 11 is 3.29. The molecule has 0 spiro atoms. The van der Waals surface area contributed by atoms with E-state index in [4.69, 9.17) is 5.14 Å². The first-order valence-corrected chi connectivity index (χ1v) is 8.21. The molecule has 2 aromatic heterocycles. The van der Waals surface area contributed by atoms with E-state index < -0.39 is 10.0 Å². The highest BCUT2D eigenvalue weighted by molar-refractivity contribution is 9.10. The molecule has 0 aliphatic rings. The van der Waals surface area contributed by atoms with Crippen LogP contribution in [0.25, 0.3) is 11.5 Å². The van der Waals surface area contributed by atoms with Gasteiger partial charge in [-0.1, -0.05) is 13.8 Å². The van der Waals surface area contributed by atoms with Gasteiger partial charge in [-0.25, -0.2) is 13.6 Å². The van der Waals surface area contributed by atoms with E-state index in [9.17, 15) is 8.42 Å². The van der Waals surface area contributed by atoms with E-state index in [1.54, 1.807) is 18.3 Å². The van der Waals surface area contributed by atoms with Crippen molar-refractivity contribution in [3.63, 3.8) is 0 Å². The molecule has 0 unspecified atom stereocenters. The summed E-state index contributed by atoms with van der Waals surface area (Å²) in [5.41, 5.74) is 0.538. The van der Waals surface area contributed by atoms with Crippen molar-refractivity contribution in [2.75, 3.05) is 0 Å². The molecule has 0 fully saturated rings. The minimum atomic E-state index is -3.92. The molecule has 0 saturated carbocycles. The summed E-state index contributed by atoms with van der Waals surface area (Å²) in [6.07, 6.45) is 1.61. The maximum atomic E-state index is 11.6. The van der Waals surface area contributed by atoms with Crippen LogP contribution in [0.4, 0.5) is 0 Å². The van der Waals surface area contributed by atoms with Gasteiger partial charge in [0.25, 0.3) is 15.2 Å². The van der Waals surface area contributed by atoms with Crippen molar-refractivity contribution in [3.8, 4) is 11.5 Å². The molecule has 0 aliphatic carbocycles. The Morgan fingerprint density at radius 2 is 2.05 bits per heavy atom. The Morgan fingerprint density at radius 3 is 2.55 bits per heavy atom. The van der Waals surface area contributed by atoms with Crippen LogP contribution < -0.4 is 5.14 Å². The smallest absolute Gasteiger partial charge is 0.273 e. The third-order valence-electron chi connectivity index (χ3n) is 2.48. The monoisotopic (exact) mass is 359 g/mol. The molecule has 2 heterocycles. The number of aromatic nitrogens is 4. The van der Waals surface area contributed by atoms with Gasteiger partial charge in [-0.05, 0) is 34.0 Å². The summed E-state index contributed by atoms with van der Waals surface area (Å²) in [6.45, 7) is 4.36. The fourth-order valence-electron chi connectivity index (χ4n) is 1.73. The van der Waals surface area contributed by atoms with E-state index in [2.05, 4.69) is 31.1 Å². The maximum absolute atomic E-state index is 11.6. The summed E-state index contributed by atoms with van der Waals surface area (Å²) in [6, 6.07) is 3.53. The predicted octanol–water partition coefficient (Wildman–Crippen LogP) is 1.41. The first-order chi connectivity index (χ1) is 9.29. The molecule has 0 bridgehead atoms. The summed E-state index contributed by atoms with van der Waals surface area (Å²) in [5, 5.41) is 12.5. The number of halogens is 1. The molecule has 0 saturated heterocycles. The van der Waals surface area contributed by atoms with Crippen LogP contribution in [-0.2, 0) is 16.6 Å². The molecule has 7 nitrogen and oxygen atoms in total. The summed E-state index contributed by atoms with van der Waals surface area (Å²) < 4.78 is 25.4. The first-order valence-electron chi connectivity index (χ1n) is 5.87. The van der Waals surface area contributed by atoms with Gasteiger partial charge in [-0.15, -0.1) is 10.2 Å². The van der Waals surface area contributed by atoms with Crippen LogP contribution in [0.5, 0.6) is 0 Å². The lowest BCUT2D eigenvalue weighted by atomic mass is 10.2. The number of nitrogens with zero attached hydrogens (tertiary/aromatic N) is 4. The van der Waals surface area contributed by atoms with Crippen LogP contribution >= 0.6 is 15.9 Å². The maximum Gasteiger partial charge on any atom is 0.273 e. The molecule has 0 aromatic carbocycles.